The minimum Gasteiger partial charge on any atom is -0.481 e. The van der Waals surface area contributed by atoms with Crippen LogP contribution in [0.4, 0.5) is 0 Å². The average Bonchev–Trinajstić information content (AvgIpc) is 2.48. The van der Waals surface area contributed by atoms with Gasteiger partial charge in [0.1, 0.15) is 0 Å². The average molecular weight is 242 g/mol. The zero-order valence-corrected chi connectivity index (χ0v) is 11.7. The molecule has 1 heterocycles. The summed E-state index contributed by atoms with van der Waals surface area (Å²) in [6.07, 6.45) is 4.42. The van der Waals surface area contributed by atoms with Crippen LogP contribution < -0.4 is 0 Å². The first-order valence-electron chi connectivity index (χ1n) is 6.17. The van der Waals surface area contributed by atoms with Crippen molar-refractivity contribution in [1.82, 2.24) is 9.80 Å². The van der Waals surface area contributed by atoms with Crippen LogP contribution in [0.1, 0.15) is 34.6 Å². The number of carboxylic acids is 1. The molecule has 0 unspecified atom stereocenters. The highest BCUT2D eigenvalue weighted by Crippen LogP contribution is 2.10. The van der Waals surface area contributed by atoms with Crippen LogP contribution in [-0.4, -0.2) is 40.6 Å². The molecular weight excluding hydrogens is 216 g/mol. The SMILES string of the molecule is CC(=O)O.CC(C)CN1C=CN(CC(C)C)C1. The quantitative estimate of drug-likeness (QED) is 0.822. The summed E-state index contributed by atoms with van der Waals surface area (Å²) in [5.74, 6) is 0.673. The molecule has 0 amide bonds. The van der Waals surface area contributed by atoms with Crippen LogP contribution in [0.2, 0.25) is 0 Å². The van der Waals surface area contributed by atoms with E-state index in [9.17, 15) is 0 Å². The van der Waals surface area contributed by atoms with Gasteiger partial charge in [-0.3, -0.25) is 4.79 Å². The Hall–Kier alpha value is -1.19. The maximum absolute atomic E-state index is 9.00. The van der Waals surface area contributed by atoms with Crippen LogP contribution >= 0.6 is 0 Å². The molecule has 0 fully saturated rings. The van der Waals surface area contributed by atoms with Crippen LogP contribution in [0, 0.1) is 11.8 Å². The molecule has 0 aromatic rings. The number of nitrogens with zero attached hydrogens (tertiary/aromatic N) is 2. The monoisotopic (exact) mass is 242 g/mol. The molecule has 100 valence electrons. The van der Waals surface area contributed by atoms with Gasteiger partial charge in [-0.15, -0.1) is 0 Å². The molecule has 0 radical (unpaired) electrons. The van der Waals surface area contributed by atoms with Gasteiger partial charge in [-0.25, -0.2) is 0 Å². The summed E-state index contributed by atoms with van der Waals surface area (Å²) in [5, 5.41) is 7.42. The fourth-order valence-electron chi connectivity index (χ4n) is 1.69. The Labute approximate surface area is 105 Å². The molecule has 0 bridgehead atoms. The van der Waals surface area contributed by atoms with Gasteiger partial charge in [0, 0.05) is 32.4 Å². The van der Waals surface area contributed by atoms with Crippen molar-refractivity contribution in [2.45, 2.75) is 34.6 Å². The second-order valence-corrected chi connectivity index (χ2v) is 5.29. The molecule has 1 aliphatic heterocycles. The molecule has 0 atom stereocenters. The lowest BCUT2D eigenvalue weighted by atomic mass is 10.2. The predicted octanol–water partition coefficient (Wildman–Crippen LogP) is 2.44. The molecule has 4 heteroatoms. The van der Waals surface area contributed by atoms with Gasteiger partial charge in [-0.05, 0) is 11.8 Å². The van der Waals surface area contributed by atoms with Gasteiger partial charge in [0.15, 0.2) is 0 Å². The van der Waals surface area contributed by atoms with E-state index in [1.54, 1.807) is 0 Å². The summed E-state index contributed by atoms with van der Waals surface area (Å²) in [6, 6.07) is 0. The van der Waals surface area contributed by atoms with Crippen molar-refractivity contribution in [2.75, 3.05) is 19.8 Å². The van der Waals surface area contributed by atoms with Gasteiger partial charge in [-0.2, -0.15) is 0 Å². The molecule has 0 aliphatic carbocycles. The van der Waals surface area contributed by atoms with Crippen LogP contribution in [-0.2, 0) is 4.79 Å². The maximum atomic E-state index is 9.00. The van der Waals surface area contributed by atoms with Crippen molar-refractivity contribution in [3.63, 3.8) is 0 Å². The summed E-state index contributed by atoms with van der Waals surface area (Å²) < 4.78 is 0. The normalized spacial score (nSPS) is 14.3. The summed E-state index contributed by atoms with van der Waals surface area (Å²) in [5.41, 5.74) is 0. The molecule has 1 rings (SSSR count). The highest BCUT2D eigenvalue weighted by atomic mass is 16.4. The number of rotatable bonds is 4. The van der Waals surface area contributed by atoms with Crippen molar-refractivity contribution in [2.24, 2.45) is 11.8 Å². The summed E-state index contributed by atoms with van der Waals surface area (Å²) >= 11 is 0. The van der Waals surface area contributed by atoms with Crippen molar-refractivity contribution in [3.05, 3.63) is 12.4 Å². The minimum absolute atomic E-state index is 0.753. The highest BCUT2D eigenvalue weighted by Gasteiger charge is 2.13. The summed E-state index contributed by atoms with van der Waals surface area (Å²) in [7, 11) is 0. The third kappa shape index (κ3) is 9.72. The van der Waals surface area contributed by atoms with E-state index in [0.29, 0.717) is 0 Å². The third-order valence-corrected chi connectivity index (χ3v) is 2.05. The topological polar surface area (TPSA) is 43.8 Å². The van der Waals surface area contributed by atoms with Crippen molar-refractivity contribution < 1.29 is 9.90 Å². The van der Waals surface area contributed by atoms with E-state index in [1.807, 2.05) is 0 Å². The molecule has 0 saturated carbocycles. The Balaban J connectivity index is 0.000000557. The number of hydrogen-bond donors (Lipinski definition) is 1. The molecule has 0 aromatic carbocycles. The van der Waals surface area contributed by atoms with Crippen LogP contribution in [0.25, 0.3) is 0 Å². The lowest BCUT2D eigenvalue weighted by Gasteiger charge is -2.23. The van der Waals surface area contributed by atoms with Gasteiger partial charge in [0.05, 0.1) is 6.67 Å². The van der Waals surface area contributed by atoms with Gasteiger partial charge in [-0.1, -0.05) is 27.7 Å². The Kier molecular flexibility index (Phi) is 7.42. The first kappa shape index (κ1) is 15.8. The fourth-order valence-corrected chi connectivity index (χ4v) is 1.69. The zero-order valence-electron chi connectivity index (χ0n) is 11.7. The van der Waals surface area contributed by atoms with Crippen LogP contribution in [0.15, 0.2) is 12.4 Å². The van der Waals surface area contributed by atoms with Gasteiger partial charge in [0.2, 0.25) is 0 Å². The summed E-state index contributed by atoms with van der Waals surface area (Å²) in [6.45, 7) is 13.6. The first-order valence-corrected chi connectivity index (χ1v) is 6.17. The standard InChI is InChI=1S/C11H22N2.C2H4O2/c1-10(2)7-12-5-6-13(9-12)8-11(3)4;1-2(3)4/h5-6,10-11H,7-9H2,1-4H3;1H3,(H,3,4). The molecule has 0 saturated heterocycles. The van der Waals surface area contributed by atoms with E-state index in [4.69, 9.17) is 9.90 Å². The molecule has 4 nitrogen and oxygen atoms in total. The third-order valence-electron chi connectivity index (χ3n) is 2.05. The lowest BCUT2D eigenvalue weighted by molar-refractivity contribution is -0.134. The van der Waals surface area contributed by atoms with Gasteiger partial charge >= 0.3 is 0 Å². The van der Waals surface area contributed by atoms with E-state index in [0.717, 1.165) is 25.4 Å². The lowest BCUT2D eigenvalue weighted by Crippen LogP contribution is -2.30. The van der Waals surface area contributed by atoms with E-state index >= 15 is 0 Å². The Morgan fingerprint density at radius 1 is 1.12 bits per heavy atom. The summed E-state index contributed by atoms with van der Waals surface area (Å²) in [4.78, 5) is 13.8. The van der Waals surface area contributed by atoms with Crippen molar-refractivity contribution >= 4 is 5.97 Å². The number of carbonyl (C=O) groups is 1. The van der Waals surface area contributed by atoms with Crippen LogP contribution in [0.3, 0.4) is 0 Å². The predicted molar refractivity (Wildman–Crippen MR) is 70.4 cm³/mol. The molecule has 17 heavy (non-hydrogen) atoms. The maximum Gasteiger partial charge on any atom is 0.300 e. The van der Waals surface area contributed by atoms with Gasteiger partial charge < -0.3 is 14.9 Å². The highest BCUT2D eigenvalue weighted by molar-refractivity contribution is 5.62. The van der Waals surface area contributed by atoms with Crippen molar-refractivity contribution in [3.8, 4) is 0 Å². The minimum atomic E-state index is -0.833. The van der Waals surface area contributed by atoms with E-state index in [-0.39, 0.29) is 0 Å². The number of aliphatic carboxylic acids is 1. The molecule has 1 aliphatic rings. The zero-order chi connectivity index (χ0) is 13.4. The van der Waals surface area contributed by atoms with Crippen LogP contribution in [0.5, 0.6) is 0 Å². The van der Waals surface area contributed by atoms with Crippen molar-refractivity contribution in [1.29, 1.82) is 0 Å². The Morgan fingerprint density at radius 3 is 1.65 bits per heavy atom. The van der Waals surface area contributed by atoms with Gasteiger partial charge in [0.25, 0.3) is 5.97 Å². The second-order valence-electron chi connectivity index (χ2n) is 5.29. The smallest absolute Gasteiger partial charge is 0.300 e. The molecular formula is C13H26N2O2. The van der Waals surface area contributed by atoms with E-state index < -0.39 is 5.97 Å². The first-order chi connectivity index (χ1) is 7.81. The Bertz CT molecular complexity index is 228. The fraction of sp³-hybridized carbons (Fsp3) is 0.769. The molecule has 1 N–H and O–H groups in total. The van der Waals surface area contributed by atoms with E-state index in [2.05, 4.69) is 49.9 Å². The second kappa shape index (κ2) is 7.98. The van der Waals surface area contributed by atoms with E-state index in [1.165, 1.54) is 13.1 Å². The number of hydrogen-bond acceptors (Lipinski definition) is 3. The molecule has 0 spiro atoms. The number of carboxylic acid groups (broad SMARTS) is 1. The molecule has 0 aromatic heterocycles. The largest absolute Gasteiger partial charge is 0.481 e. The Morgan fingerprint density at radius 2 is 1.41 bits per heavy atom.